The minimum absolute atomic E-state index is 0.156. The lowest BCUT2D eigenvalue weighted by atomic mass is 10.0. The highest BCUT2D eigenvalue weighted by molar-refractivity contribution is 6.35. The van der Waals surface area contributed by atoms with Crippen molar-refractivity contribution in [2.45, 2.75) is 51.3 Å². The van der Waals surface area contributed by atoms with Crippen LogP contribution in [-0.4, -0.2) is 72.3 Å². The molecule has 5 atom stereocenters. The third-order valence-electron chi connectivity index (χ3n) is 3.51. The van der Waals surface area contributed by atoms with Crippen molar-refractivity contribution in [3.63, 3.8) is 0 Å². The first-order chi connectivity index (χ1) is 12.6. The van der Waals surface area contributed by atoms with Crippen LogP contribution in [0, 0.1) is 0 Å². The molecule has 2 rings (SSSR count). The number of amides is 2. The zero-order valence-electron chi connectivity index (χ0n) is 14.6. The van der Waals surface area contributed by atoms with Crippen molar-refractivity contribution < 1.29 is 42.9 Å². The molecule has 0 bridgehead atoms. The summed E-state index contributed by atoms with van der Waals surface area (Å²) in [5.41, 5.74) is 5.27. The van der Waals surface area contributed by atoms with Gasteiger partial charge in [0.25, 0.3) is 11.8 Å². The molecule has 1 saturated heterocycles. The number of carbonyl (C=O) groups excluding carboxylic acids is 5. The Hall–Kier alpha value is -3.15. The highest BCUT2D eigenvalue weighted by atomic mass is 16.7. The number of nitrogens with zero attached hydrogens (tertiary/aromatic N) is 2. The zero-order chi connectivity index (χ0) is 20.3. The Morgan fingerprint density at radius 3 is 2.11 bits per heavy atom. The zero-order valence-corrected chi connectivity index (χ0v) is 14.6. The lowest BCUT2D eigenvalue weighted by Gasteiger charge is -2.26. The van der Waals surface area contributed by atoms with E-state index in [0.29, 0.717) is 0 Å². The molecular formula is C15H17N3O9. The summed E-state index contributed by atoms with van der Waals surface area (Å²) >= 11 is 0. The average molecular weight is 383 g/mol. The molecule has 1 unspecified atom stereocenters. The maximum atomic E-state index is 11.8. The molecule has 0 aromatic carbocycles. The Kier molecular flexibility index (Phi) is 6.00. The van der Waals surface area contributed by atoms with Gasteiger partial charge in [-0.05, 0) is 0 Å². The van der Waals surface area contributed by atoms with E-state index in [4.69, 9.17) is 24.7 Å². The molecule has 2 amide bonds. The Bertz CT molecular complexity index is 745. The van der Waals surface area contributed by atoms with Gasteiger partial charge < -0.3 is 24.7 Å². The van der Waals surface area contributed by atoms with Crippen LogP contribution in [0.5, 0.6) is 0 Å². The number of ether oxygens (including phenoxy) is 4. The molecule has 146 valence electrons. The number of rotatable bonds is 6. The van der Waals surface area contributed by atoms with Gasteiger partial charge in [0.2, 0.25) is 6.10 Å². The van der Waals surface area contributed by atoms with E-state index >= 15 is 0 Å². The quantitative estimate of drug-likeness (QED) is 0.403. The van der Waals surface area contributed by atoms with Crippen LogP contribution < -0.4 is 5.73 Å². The van der Waals surface area contributed by atoms with E-state index in [0.717, 1.165) is 27.0 Å². The lowest BCUT2D eigenvalue weighted by molar-refractivity contribution is -0.173. The molecule has 27 heavy (non-hydrogen) atoms. The number of hydrogen-bond donors (Lipinski definition) is 1. The number of hydrogen-bond acceptors (Lipinski definition) is 10. The van der Waals surface area contributed by atoms with Crippen LogP contribution in [0.3, 0.4) is 0 Å². The summed E-state index contributed by atoms with van der Waals surface area (Å²) in [6, 6.07) is 0. The van der Waals surface area contributed by atoms with E-state index in [9.17, 15) is 24.0 Å². The molecule has 0 radical (unpaired) electrons. The van der Waals surface area contributed by atoms with Gasteiger partial charge in [-0.1, -0.05) is 0 Å². The molecule has 0 saturated carbocycles. The second kappa shape index (κ2) is 8.03. The molecular weight excluding hydrogens is 366 g/mol. The third-order valence-corrected chi connectivity index (χ3v) is 3.51. The summed E-state index contributed by atoms with van der Waals surface area (Å²) < 4.78 is 20.8. The van der Waals surface area contributed by atoms with Gasteiger partial charge in [0, 0.05) is 20.8 Å². The summed E-state index contributed by atoms with van der Waals surface area (Å²) in [6.07, 6.45) is -6.11. The molecule has 1 fully saturated rings. The van der Waals surface area contributed by atoms with Crippen LogP contribution in [0.4, 0.5) is 0 Å². The first-order valence-electron chi connectivity index (χ1n) is 7.73. The van der Waals surface area contributed by atoms with Crippen molar-refractivity contribution in [2.24, 2.45) is 15.7 Å². The average Bonchev–Trinajstić information content (AvgIpc) is 3.09. The number of esters is 3. The summed E-state index contributed by atoms with van der Waals surface area (Å²) in [7, 11) is 0. The lowest BCUT2D eigenvalue weighted by Crippen LogP contribution is -2.50. The van der Waals surface area contributed by atoms with Gasteiger partial charge in [0.15, 0.2) is 24.1 Å². The third kappa shape index (κ3) is 4.73. The molecule has 0 aromatic rings. The van der Waals surface area contributed by atoms with E-state index in [1.54, 1.807) is 0 Å². The van der Waals surface area contributed by atoms with Crippen molar-refractivity contribution in [1.29, 1.82) is 0 Å². The Balaban J connectivity index is 2.45. The van der Waals surface area contributed by atoms with Crippen LogP contribution in [0.15, 0.2) is 9.98 Å². The maximum Gasteiger partial charge on any atom is 0.303 e. The number of amidine groups is 1. The molecule has 2 heterocycles. The summed E-state index contributed by atoms with van der Waals surface area (Å²) in [6.45, 7) is 3.21. The van der Waals surface area contributed by atoms with E-state index in [-0.39, 0.29) is 5.84 Å². The van der Waals surface area contributed by atoms with Gasteiger partial charge in [-0.2, -0.15) is 4.99 Å². The smallest absolute Gasteiger partial charge is 0.303 e. The van der Waals surface area contributed by atoms with Gasteiger partial charge in [-0.25, -0.2) is 4.99 Å². The standard InChI is InChI=1S/C15H17N3O9/c1-5(19)24-9-10(12(14(16)23)26-7(3)21)27-13(11(9)25-6(2)20)15-17-4-8(22)18-15/h4,9-13H,1-3H3,(H2,16,23)/t9-,10+,11-,12?,13-/m1/s1. The second-order valence-electron chi connectivity index (χ2n) is 5.67. The SMILES string of the molecule is CC(=O)OC(C(N)=O)[C@H]1O[C@@H](C2=NC(=O)C=N2)[C@H](OC(C)=O)[C@@H]1OC(C)=O. The van der Waals surface area contributed by atoms with Crippen molar-refractivity contribution in [1.82, 2.24) is 0 Å². The van der Waals surface area contributed by atoms with Crippen molar-refractivity contribution in [3.05, 3.63) is 0 Å². The monoisotopic (exact) mass is 383 g/mol. The Morgan fingerprint density at radius 1 is 1.07 bits per heavy atom. The van der Waals surface area contributed by atoms with E-state index in [2.05, 4.69) is 9.98 Å². The van der Waals surface area contributed by atoms with E-state index in [1.807, 2.05) is 0 Å². The fourth-order valence-corrected chi connectivity index (χ4v) is 2.68. The minimum atomic E-state index is -1.66. The number of carbonyl (C=O) groups is 5. The van der Waals surface area contributed by atoms with Gasteiger partial charge >= 0.3 is 17.9 Å². The highest BCUT2D eigenvalue weighted by Crippen LogP contribution is 2.32. The molecule has 0 aromatic heterocycles. The predicted octanol–water partition coefficient (Wildman–Crippen LogP) is -1.96. The van der Waals surface area contributed by atoms with E-state index < -0.39 is 60.2 Å². The topological polar surface area (TPSA) is 173 Å². The van der Waals surface area contributed by atoms with Crippen LogP contribution >= 0.6 is 0 Å². The summed E-state index contributed by atoms with van der Waals surface area (Å²) in [4.78, 5) is 64.8. The molecule has 12 heteroatoms. The number of aliphatic imine (C=N–C) groups is 2. The number of primary amides is 1. The normalized spacial score (nSPS) is 27.7. The second-order valence-corrected chi connectivity index (χ2v) is 5.67. The molecule has 2 aliphatic rings. The van der Waals surface area contributed by atoms with Gasteiger partial charge in [-0.15, -0.1) is 0 Å². The highest BCUT2D eigenvalue weighted by Gasteiger charge is 2.56. The largest absolute Gasteiger partial charge is 0.455 e. The van der Waals surface area contributed by atoms with Crippen LogP contribution in [-0.2, 0) is 42.9 Å². The van der Waals surface area contributed by atoms with Crippen molar-refractivity contribution in [3.8, 4) is 0 Å². The van der Waals surface area contributed by atoms with Gasteiger partial charge in [-0.3, -0.25) is 24.0 Å². The van der Waals surface area contributed by atoms with Crippen molar-refractivity contribution >= 4 is 41.8 Å². The summed E-state index contributed by atoms with van der Waals surface area (Å²) in [5, 5.41) is 0. The molecule has 2 aliphatic heterocycles. The van der Waals surface area contributed by atoms with Gasteiger partial charge in [0.05, 0.1) is 6.21 Å². The van der Waals surface area contributed by atoms with Crippen LogP contribution in [0.2, 0.25) is 0 Å². The first kappa shape index (κ1) is 20.2. The van der Waals surface area contributed by atoms with E-state index in [1.165, 1.54) is 0 Å². The maximum absolute atomic E-state index is 11.8. The molecule has 0 spiro atoms. The molecule has 2 N–H and O–H groups in total. The van der Waals surface area contributed by atoms with Crippen LogP contribution in [0.25, 0.3) is 0 Å². The Morgan fingerprint density at radius 2 is 1.67 bits per heavy atom. The molecule has 0 aliphatic carbocycles. The van der Waals surface area contributed by atoms with Gasteiger partial charge in [0.1, 0.15) is 6.10 Å². The fraction of sp³-hybridized carbons (Fsp3) is 0.533. The van der Waals surface area contributed by atoms with Crippen molar-refractivity contribution in [2.75, 3.05) is 0 Å². The molecule has 12 nitrogen and oxygen atoms in total. The minimum Gasteiger partial charge on any atom is -0.455 e. The van der Waals surface area contributed by atoms with Crippen LogP contribution in [0.1, 0.15) is 20.8 Å². The Labute approximate surface area is 152 Å². The fourth-order valence-electron chi connectivity index (χ4n) is 2.68. The first-order valence-corrected chi connectivity index (χ1v) is 7.73. The number of nitrogens with two attached hydrogens (primary N) is 1. The summed E-state index contributed by atoms with van der Waals surface area (Å²) in [5.74, 6) is -4.30. The predicted molar refractivity (Wildman–Crippen MR) is 85.5 cm³/mol.